The molecule has 2 saturated heterocycles. The number of amides is 1. The molecule has 1 aromatic rings. The minimum absolute atomic E-state index is 0.444. The molecule has 0 atom stereocenters. The highest BCUT2D eigenvalue weighted by Gasteiger charge is 2.33. The summed E-state index contributed by atoms with van der Waals surface area (Å²) in [5, 5.41) is 3.96. The first-order valence-electron chi connectivity index (χ1n) is 6.94. The van der Waals surface area contributed by atoms with E-state index in [1.807, 2.05) is 6.07 Å². The van der Waals surface area contributed by atoms with Gasteiger partial charge in [-0.1, -0.05) is 11.6 Å². The molecule has 0 aromatic heterocycles. The second-order valence-corrected chi connectivity index (χ2v) is 5.78. The van der Waals surface area contributed by atoms with Gasteiger partial charge < -0.3 is 16.0 Å². The molecule has 2 fully saturated rings. The number of hydrogen-bond acceptors (Lipinski definition) is 4. The Bertz CT molecular complexity index is 510. The highest BCUT2D eigenvalue weighted by Crippen LogP contribution is 2.31. The molecule has 1 amide bonds. The molecule has 0 radical (unpaired) electrons. The van der Waals surface area contributed by atoms with E-state index in [1.165, 1.54) is 0 Å². The van der Waals surface area contributed by atoms with Crippen molar-refractivity contribution >= 4 is 23.2 Å². The van der Waals surface area contributed by atoms with E-state index < -0.39 is 5.91 Å². The minimum atomic E-state index is -0.444. The van der Waals surface area contributed by atoms with Gasteiger partial charge in [-0.3, -0.25) is 9.69 Å². The monoisotopic (exact) mass is 294 g/mol. The van der Waals surface area contributed by atoms with Gasteiger partial charge in [0.1, 0.15) is 0 Å². The second-order valence-electron chi connectivity index (χ2n) is 5.38. The first-order valence-corrected chi connectivity index (χ1v) is 7.32. The molecule has 0 bridgehead atoms. The van der Waals surface area contributed by atoms with E-state index in [2.05, 4.69) is 15.1 Å². The van der Waals surface area contributed by atoms with E-state index in [4.69, 9.17) is 17.3 Å². The largest absolute Gasteiger partial charge is 0.367 e. The third-order valence-electron chi connectivity index (χ3n) is 4.10. The summed E-state index contributed by atoms with van der Waals surface area (Å²) in [6.07, 6.45) is 0. The molecule has 3 rings (SSSR count). The number of nitrogens with two attached hydrogens (primary N) is 1. The number of halogens is 1. The van der Waals surface area contributed by atoms with Gasteiger partial charge in [0.15, 0.2) is 0 Å². The average molecular weight is 295 g/mol. The van der Waals surface area contributed by atoms with Gasteiger partial charge in [0.2, 0.25) is 5.91 Å². The van der Waals surface area contributed by atoms with Crippen LogP contribution in [0.4, 0.5) is 5.69 Å². The van der Waals surface area contributed by atoms with E-state index in [0.29, 0.717) is 16.6 Å². The highest BCUT2D eigenvalue weighted by atomic mass is 35.5. The average Bonchev–Trinajstić information content (AvgIpc) is 2.40. The number of primary amides is 1. The Morgan fingerprint density at radius 3 is 2.60 bits per heavy atom. The fourth-order valence-corrected chi connectivity index (χ4v) is 3.15. The van der Waals surface area contributed by atoms with Crippen LogP contribution in [0.2, 0.25) is 5.02 Å². The van der Waals surface area contributed by atoms with E-state index in [0.717, 1.165) is 45.0 Å². The quantitative estimate of drug-likeness (QED) is 0.854. The summed E-state index contributed by atoms with van der Waals surface area (Å²) in [7, 11) is 0. The molecular formula is C14H19ClN4O. The lowest BCUT2D eigenvalue weighted by Crippen LogP contribution is -2.62. The fraction of sp³-hybridized carbons (Fsp3) is 0.500. The number of nitrogens with zero attached hydrogens (tertiary/aromatic N) is 2. The third-order valence-corrected chi connectivity index (χ3v) is 4.41. The molecule has 2 heterocycles. The number of benzene rings is 1. The van der Waals surface area contributed by atoms with Crippen molar-refractivity contribution < 1.29 is 4.79 Å². The topological polar surface area (TPSA) is 61.6 Å². The molecule has 2 aliphatic rings. The van der Waals surface area contributed by atoms with Crippen LogP contribution in [0.25, 0.3) is 0 Å². The Balaban J connectivity index is 1.63. The van der Waals surface area contributed by atoms with Gasteiger partial charge in [-0.15, -0.1) is 0 Å². The number of rotatable bonds is 3. The predicted octanol–water partition coefficient (Wildman–Crippen LogP) is 0.533. The molecule has 3 N–H and O–H groups in total. The van der Waals surface area contributed by atoms with E-state index in [-0.39, 0.29) is 0 Å². The summed E-state index contributed by atoms with van der Waals surface area (Å²) in [5.74, 6) is -0.444. The molecule has 0 unspecified atom stereocenters. The number of piperazine rings is 1. The summed E-state index contributed by atoms with van der Waals surface area (Å²) in [5.41, 5.74) is 6.70. The Morgan fingerprint density at radius 1 is 1.30 bits per heavy atom. The van der Waals surface area contributed by atoms with E-state index in [9.17, 15) is 4.79 Å². The standard InChI is InChI=1S/C14H19ClN4O/c15-12-7-10(14(16)20)1-2-13(12)19-8-11(9-19)18-5-3-17-4-6-18/h1-2,7,11,17H,3-6,8-9H2,(H2,16,20). The van der Waals surface area contributed by atoms with Gasteiger partial charge in [0.05, 0.1) is 10.7 Å². The van der Waals surface area contributed by atoms with Crippen molar-refractivity contribution in [1.29, 1.82) is 0 Å². The van der Waals surface area contributed by atoms with Crippen molar-refractivity contribution in [3.8, 4) is 0 Å². The van der Waals surface area contributed by atoms with Crippen molar-refractivity contribution in [3.05, 3.63) is 28.8 Å². The molecule has 5 nitrogen and oxygen atoms in total. The number of hydrogen-bond donors (Lipinski definition) is 2. The van der Waals surface area contributed by atoms with Crippen LogP contribution in [0.1, 0.15) is 10.4 Å². The molecule has 2 aliphatic heterocycles. The van der Waals surface area contributed by atoms with Crippen molar-refractivity contribution in [2.75, 3.05) is 44.2 Å². The van der Waals surface area contributed by atoms with Crippen molar-refractivity contribution in [3.63, 3.8) is 0 Å². The summed E-state index contributed by atoms with van der Waals surface area (Å²) in [4.78, 5) is 15.9. The summed E-state index contributed by atoms with van der Waals surface area (Å²) < 4.78 is 0. The van der Waals surface area contributed by atoms with Crippen LogP contribution in [0.5, 0.6) is 0 Å². The maximum absolute atomic E-state index is 11.1. The Kier molecular flexibility index (Phi) is 3.83. The predicted molar refractivity (Wildman–Crippen MR) is 80.4 cm³/mol. The smallest absolute Gasteiger partial charge is 0.248 e. The van der Waals surface area contributed by atoms with Crippen molar-refractivity contribution in [1.82, 2.24) is 10.2 Å². The molecule has 20 heavy (non-hydrogen) atoms. The lowest BCUT2D eigenvalue weighted by molar-refractivity contribution is 0.100. The molecule has 0 spiro atoms. The van der Waals surface area contributed by atoms with E-state index >= 15 is 0 Å². The zero-order chi connectivity index (χ0) is 14.1. The lowest BCUT2D eigenvalue weighted by Gasteiger charge is -2.48. The van der Waals surface area contributed by atoms with Gasteiger partial charge in [-0.05, 0) is 18.2 Å². The Morgan fingerprint density at radius 2 is 2.00 bits per heavy atom. The van der Waals surface area contributed by atoms with Gasteiger partial charge in [0, 0.05) is 50.9 Å². The fourth-order valence-electron chi connectivity index (χ4n) is 2.85. The van der Waals surface area contributed by atoms with Gasteiger partial charge in [0.25, 0.3) is 0 Å². The normalized spacial score (nSPS) is 20.8. The SMILES string of the molecule is NC(=O)c1ccc(N2CC(N3CCNCC3)C2)c(Cl)c1. The maximum atomic E-state index is 11.1. The third kappa shape index (κ3) is 2.61. The van der Waals surface area contributed by atoms with Crippen LogP contribution < -0.4 is 16.0 Å². The Labute approximate surface area is 123 Å². The summed E-state index contributed by atoms with van der Waals surface area (Å²) in [6, 6.07) is 5.89. The van der Waals surface area contributed by atoms with Crippen LogP contribution >= 0.6 is 11.6 Å². The van der Waals surface area contributed by atoms with Gasteiger partial charge >= 0.3 is 0 Å². The van der Waals surface area contributed by atoms with Crippen LogP contribution in [0, 0.1) is 0 Å². The zero-order valence-electron chi connectivity index (χ0n) is 11.3. The van der Waals surface area contributed by atoms with Crippen molar-refractivity contribution in [2.45, 2.75) is 6.04 Å². The highest BCUT2D eigenvalue weighted by molar-refractivity contribution is 6.33. The van der Waals surface area contributed by atoms with Gasteiger partial charge in [-0.2, -0.15) is 0 Å². The molecule has 0 aliphatic carbocycles. The maximum Gasteiger partial charge on any atom is 0.248 e. The molecule has 1 aromatic carbocycles. The zero-order valence-corrected chi connectivity index (χ0v) is 12.1. The summed E-state index contributed by atoms with van der Waals surface area (Å²) >= 11 is 6.24. The first-order chi connectivity index (χ1) is 9.65. The van der Waals surface area contributed by atoms with Crippen LogP contribution in [-0.2, 0) is 0 Å². The van der Waals surface area contributed by atoms with Gasteiger partial charge in [-0.25, -0.2) is 0 Å². The van der Waals surface area contributed by atoms with Crippen LogP contribution in [0.15, 0.2) is 18.2 Å². The van der Waals surface area contributed by atoms with E-state index in [1.54, 1.807) is 12.1 Å². The minimum Gasteiger partial charge on any atom is -0.367 e. The first kappa shape index (κ1) is 13.7. The number of nitrogens with one attached hydrogen (secondary N) is 1. The lowest BCUT2D eigenvalue weighted by atomic mass is 10.0. The van der Waals surface area contributed by atoms with Crippen molar-refractivity contribution in [2.24, 2.45) is 5.73 Å². The molecule has 6 heteroatoms. The van der Waals surface area contributed by atoms with Crippen LogP contribution in [0.3, 0.4) is 0 Å². The number of carbonyl (C=O) groups excluding carboxylic acids is 1. The number of carbonyl (C=O) groups is 1. The second kappa shape index (κ2) is 5.60. The van der Waals surface area contributed by atoms with Crippen LogP contribution in [-0.4, -0.2) is 56.1 Å². The molecule has 0 saturated carbocycles. The number of anilines is 1. The molecular weight excluding hydrogens is 276 g/mol. The Hall–Kier alpha value is -1.30. The summed E-state index contributed by atoms with van der Waals surface area (Å²) in [6.45, 7) is 6.38. The molecule has 108 valence electrons.